The van der Waals surface area contributed by atoms with E-state index in [4.69, 9.17) is 0 Å². The zero-order valence-corrected chi connectivity index (χ0v) is 6.22. The van der Waals surface area contributed by atoms with Gasteiger partial charge >= 0.3 is 0 Å². The summed E-state index contributed by atoms with van der Waals surface area (Å²) in [6.45, 7) is 0. The lowest BCUT2D eigenvalue weighted by Crippen LogP contribution is -1.70. The van der Waals surface area contributed by atoms with Crippen molar-refractivity contribution in [1.29, 1.82) is 0 Å². The van der Waals surface area contributed by atoms with Gasteiger partial charge in [0.2, 0.25) is 0 Å². The molecule has 0 aliphatic heterocycles. The third kappa shape index (κ3) is 3.29. The van der Waals surface area contributed by atoms with E-state index in [1.54, 1.807) is 0 Å². The molecule has 0 aromatic carbocycles. The van der Waals surface area contributed by atoms with Gasteiger partial charge in [0.25, 0.3) is 0 Å². The van der Waals surface area contributed by atoms with E-state index in [-0.39, 0.29) is 0 Å². The fourth-order valence-electron chi connectivity index (χ4n) is 0.910. The summed E-state index contributed by atoms with van der Waals surface area (Å²) in [4.78, 5) is 0. The van der Waals surface area contributed by atoms with E-state index in [0.29, 0.717) is 0 Å². The number of allylic oxidation sites excluding steroid dienone is 6. The highest BCUT2D eigenvalue weighted by Crippen LogP contribution is 1.99. The zero-order chi connectivity index (χ0) is 7.07. The van der Waals surface area contributed by atoms with Crippen LogP contribution in [0.3, 0.4) is 0 Å². The molecule has 0 saturated carbocycles. The van der Waals surface area contributed by atoms with Crippen molar-refractivity contribution in [2.75, 3.05) is 0 Å². The van der Waals surface area contributed by atoms with Gasteiger partial charge in [-0.3, -0.25) is 0 Å². The lowest BCUT2D eigenvalue weighted by molar-refractivity contribution is 0.984. The molecule has 0 unspecified atom stereocenters. The molecule has 0 atom stereocenters. The summed E-state index contributed by atoms with van der Waals surface area (Å²) in [5.41, 5.74) is 0. The maximum atomic E-state index is 3.19. The van der Waals surface area contributed by atoms with E-state index >= 15 is 0 Å². The van der Waals surface area contributed by atoms with Gasteiger partial charge < -0.3 is 0 Å². The predicted molar refractivity (Wildman–Crippen MR) is 44.6 cm³/mol. The molecule has 0 fully saturated rings. The molecule has 1 radical (unpaired) electrons. The third-order valence-electron chi connectivity index (χ3n) is 1.47. The molecule has 0 nitrogen and oxygen atoms in total. The quantitative estimate of drug-likeness (QED) is 0.445. The summed E-state index contributed by atoms with van der Waals surface area (Å²) >= 11 is 0. The van der Waals surface area contributed by atoms with Crippen molar-refractivity contribution in [2.24, 2.45) is 0 Å². The van der Waals surface area contributed by atoms with Crippen LogP contribution in [0.25, 0.3) is 0 Å². The van der Waals surface area contributed by atoms with Gasteiger partial charge in [0.1, 0.15) is 0 Å². The summed E-state index contributed by atoms with van der Waals surface area (Å²) in [5, 5.41) is 0. The van der Waals surface area contributed by atoms with Crippen molar-refractivity contribution in [3.05, 3.63) is 36.5 Å². The minimum atomic E-state index is 1.06. The largest absolute Gasteiger partial charge is 0.0882 e. The lowest BCUT2D eigenvalue weighted by Gasteiger charge is -1.89. The van der Waals surface area contributed by atoms with E-state index in [2.05, 4.69) is 30.4 Å². The topological polar surface area (TPSA) is 0 Å². The van der Waals surface area contributed by atoms with Gasteiger partial charge in [-0.05, 0) is 31.8 Å². The van der Waals surface area contributed by atoms with Crippen LogP contribution in [-0.4, -0.2) is 0 Å². The summed E-state index contributed by atoms with van der Waals surface area (Å²) in [6.07, 6.45) is 18.5. The first-order chi connectivity index (χ1) is 5.00. The standard InChI is InChI=1S/C10H13/c1-2-4-6-8-10-9-7-5-3-1/h1-3,8,10H,4,6-7,9H2. The molecule has 1 aliphatic carbocycles. The Kier molecular flexibility index (Phi) is 3.69. The second-order valence-corrected chi connectivity index (χ2v) is 2.39. The van der Waals surface area contributed by atoms with Gasteiger partial charge in [-0.25, -0.2) is 0 Å². The van der Waals surface area contributed by atoms with E-state index in [1.165, 1.54) is 6.42 Å². The van der Waals surface area contributed by atoms with Gasteiger partial charge in [-0.15, -0.1) is 0 Å². The normalized spacial score (nSPS) is 19.2. The Morgan fingerprint density at radius 1 is 0.900 bits per heavy atom. The fourth-order valence-corrected chi connectivity index (χ4v) is 0.910. The molecule has 0 N–H and O–H groups in total. The van der Waals surface area contributed by atoms with Crippen LogP contribution in [0.1, 0.15) is 25.7 Å². The van der Waals surface area contributed by atoms with Crippen LogP contribution in [0.15, 0.2) is 30.4 Å². The Hall–Kier alpha value is -0.780. The molecule has 10 heavy (non-hydrogen) atoms. The number of hydrogen-bond acceptors (Lipinski definition) is 0. The summed E-state index contributed by atoms with van der Waals surface area (Å²) in [5.74, 6) is 0. The first kappa shape index (κ1) is 7.33. The van der Waals surface area contributed by atoms with Crippen LogP contribution < -0.4 is 0 Å². The van der Waals surface area contributed by atoms with Crippen molar-refractivity contribution in [3.8, 4) is 0 Å². The predicted octanol–water partition coefficient (Wildman–Crippen LogP) is 3.03. The first-order valence-electron chi connectivity index (χ1n) is 3.87. The van der Waals surface area contributed by atoms with Crippen LogP contribution in [0, 0.1) is 6.08 Å². The minimum absolute atomic E-state index is 1.06. The molecule has 1 aliphatic rings. The minimum Gasteiger partial charge on any atom is -0.0882 e. The van der Waals surface area contributed by atoms with Gasteiger partial charge in [-0.1, -0.05) is 30.4 Å². The average Bonchev–Trinajstić information content (AvgIpc) is 2.01. The van der Waals surface area contributed by atoms with Gasteiger partial charge in [0.05, 0.1) is 0 Å². The van der Waals surface area contributed by atoms with E-state index in [1.807, 2.05) is 6.08 Å². The van der Waals surface area contributed by atoms with Crippen LogP contribution in [0.4, 0.5) is 0 Å². The van der Waals surface area contributed by atoms with E-state index < -0.39 is 0 Å². The second-order valence-electron chi connectivity index (χ2n) is 2.39. The molecule has 0 aromatic heterocycles. The van der Waals surface area contributed by atoms with E-state index in [0.717, 1.165) is 19.3 Å². The SMILES string of the molecule is [C]1=CC=CCCC=CCC1. The molecule has 1 rings (SSSR count). The molecule has 0 spiro atoms. The highest BCUT2D eigenvalue weighted by Gasteiger charge is 1.80. The highest BCUT2D eigenvalue weighted by molar-refractivity contribution is 5.01. The van der Waals surface area contributed by atoms with Crippen LogP contribution in [-0.2, 0) is 0 Å². The maximum Gasteiger partial charge on any atom is -0.0241 e. The zero-order valence-electron chi connectivity index (χ0n) is 6.22. The monoisotopic (exact) mass is 133 g/mol. The Balaban J connectivity index is 2.38. The van der Waals surface area contributed by atoms with Gasteiger partial charge in [0, 0.05) is 0 Å². The first-order valence-corrected chi connectivity index (χ1v) is 3.87. The molecular weight excluding hydrogens is 120 g/mol. The van der Waals surface area contributed by atoms with Crippen molar-refractivity contribution in [1.82, 2.24) is 0 Å². The molecule has 0 aromatic rings. The van der Waals surface area contributed by atoms with Crippen LogP contribution in [0.5, 0.6) is 0 Å². The number of rotatable bonds is 0. The number of hydrogen-bond donors (Lipinski definition) is 0. The average molecular weight is 133 g/mol. The molecule has 0 saturated heterocycles. The third-order valence-corrected chi connectivity index (χ3v) is 1.47. The molecule has 53 valence electrons. The molecule has 0 bridgehead atoms. The van der Waals surface area contributed by atoms with Gasteiger partial charge in [-0.2, -0.15) is 0 Å². The summed E-state index contributed by atoms with van der Waals surface area (Å²) in [7, 11) is 0. The molecule has 0 heteroatoms. The summed E-state index contributed by atoms with van der Waals surface area (Å²) < 4.78 is 0. The highest BCUT2D eigenvalue weighted by atomic mass is 13.9. The van der Waals surface area contributed by atoms with Crippen molar-refractivity contribution in [2.45, 2.75) is 25.7 Å². The Labute approximate surface area is 62.9 Å². The van der Waals surface area contributed by atoms with Crippen molar-refractivity contribution >= 4 is 0 Å². The van der Waals surface area contributed by atoms with Crippen LogP contribution >= 0.6 is 0 Å². The summed E-state index contributed by atoms with van der Waals surface area (Å²) in [6, 6.07) is 0. The Morgan fingerprint density at radius 3 is 2.70 bits per heavy atom. The van der Waals surface area contributed by atoms with Crippen molar-refractivity contribution < 1.29 is 0 Å². The van der Waals surface area contributed by atoms with Gasteiger partial charge in [0.15, 0.2) is 0 Å². The molecule has 0 heterocycles. The molecule has 0 amide bonds. The smallest absolute Gasteiger partial charge is 0.0241 e. The van der Waals surface area contributed by atoms with Crippen molar-refractivity contribution in [3.63, 3.8) is 0 Å². The molecular formula is C10H13. The Morgan fingerprint density at radius 2 is 1.70 bits per heavy atom. The van der Waals surface area contributed by atoms with E-state index in [9.17, 15) is 0 Å². The second kappa shape index (κ2) is 5.04. The lowest BCUT2D eigenvalue weighted by atomic mass is 10.2. The Bertz CT molecular complexity index is 131. The fraction of sp³-hybridized carbons (Fsp3) is 0.400. The van der Waals surface area contributed by atoms with Crippen LogP contribution in [0.2, 0.25) is 0 Å². The maximum absolute atomic E-state index is 3.19.